The summed E-state index contributed by atoms with van der Waals surface area (Å²) in [6.07, 6.45) is 0. The van der Waals surface area contributed by atoms with Gasteiger partial charge in [0.15, 0.2) is 22.5 Å². The van der Waals surface area contributed by atoms with Crippen LogP contribution in [0.3, 0.4) is 0 Å². The Labute approximate surface area is 118 Å². The lowest BCUT2D eigenvalue weighted by Gasteiger charge is -2.10. The molecule has 3 rings (SSSR count). The van der Waals surface area contributed by atoms with Crippen LogP contribution in [0.1, 0.15) is 0 Å². The molecule has 1 heterocycles. The monoisotopic (exact) mass is 284 g/mol. The number of hydrogen-bond acceptors (Lipinski definition) is 6. The fourth-order valence-electron chi connectivity index (χ4n) is 2.15. The van der Waals surface area contributed by atoms with E-state index in [9.17, 15) is 15.0 Å². The average molecular weight is 284 g/mol. The van der Waals surface area contributed by atoms with Crippen molar-refractivity contribution in [1.82, 2.24) is 0 Å². The number of anilines is 2. The summed E-state index contributed by atoms with van der Waals surface area (Å²) in [5, 5.41) is 19.5. The van der Waals surface area contributed by atoms with Gasteiger partial charge in [0.2, 0.25) is 0 Å². The first kappa shape index (κ1) is 12.9. The molecule has 0 unspecified atom stereocenters. The Morgan fingerprint density at radius 1 is 0.952 bits per heavy atom. The molecule has 1 aromatic heterocycles. The van der Waals surface area contributed by atoms with Crippen molar-refractivity contribution in [1.29, 1.82) is 0 Å². The maximum Gasteiger partial charge on any atom is 0.197 e. The molecule has 106 valence electrons. The average Bonchev–Trinajstić information content (AvgIpc) is 2.51. The highest BCUT2D eigenvalue weighted by atomic mass is 16.3. The molecule has 2 aromatic carbocycles. The molecular weight excluding hydrogens is 272 g/mol. The molecule has 0 saturated heterocycles. The molecule has 0 bridgehead atoms. The van der Waals surface area contributed by atoms with Gasteiger partial charge in [-0.25, -0.2) is 0 Å². The number of nitrogens with two attached hydrogens (primary N) is 2. The van der Waals surface area contributed by atoms with Gasteiger partial charge in [0.05, 0.1) is 0 Å². The summed E-state index contributed by atoms with van der Waals surface area (Å²) in [6.45, 7) is 0. The van der Waals surface area contributed by atoms with Crippen LogP contribution < -0.4 is 16.9 Å². The quantitative estimate of drug-likeness (QED) is 0.308. The molecule has 6 nitrogen and oxygen atoms in total. The Hall–Kier alpha value is -3.15. The van der Waals surface area contributed by atoms with Gasteiger partial charge in [0, 0.05) is 11.6 Å². The lowest BCUT2D eigenvalue weighted by Crippen LogP contribution is -2.05. The fourth-order valence-corrected chi connectivity index (χ4v) is 2.15. The Kier molecular flexibility index (Phi) is 2.72. The van der Waals surface area contributed by atoms with Crippen LogP contribution in [-0.4, -0.2) is 10.2 Å². The normalized spacial score (nSPS) is 10.9. The molecule has 3 aromatic rings. The highest BCUT2D eigenvalue weighted by molar-refractivity contribution is 6.01. The summed E-state index contributed by atoms with van der Waals surface area (Å²) in [5.74, 6) is -0.762. The topological polar surface area (TPSA) is 123 Å². The van der Waals surface area contributed by atoms with Crippen LogP contribution >= 0.6 is 0 Å². The zero-order chi connectivity index (χ0) is 15.1. The van der Waals surface area contributed by atoms with Crippen molar-refractivity contribution >= 4 is 22.3 Å². The molecule has 0 fully saturated rings. The summed E-state index contributed by atoms with van der Waals surface area (Å²) in [6, 6.07) is 10.2. The van der Waals surface area contributed by atoms with Gasteiger partial charge in [-0.15, -0.1) is 0 Å². The summed E-state index contributed by atoms with van der Waals surface area (Å²) >= 11 is 0. The van der Waals surface area contributed by atoms with Gasteiger partial charge in [-0.05, 0) is 0 Å². The van der Waals surface area contributed by atoms with Crippen molar-refractivity contribution in [3.63, 3.8) is 0 Å². The SMILES string of the molecule is Nc1c(O)c(N)c2oc(-c3ccccc3)cc(=O)c2c1O. The number of hydrogen-bond donors (Lipinski definition) is 4. The minimum Gasteiger partial charge on any atom is -0.505 e. The lowest BCUT2D eigenvalue weighted by molar-refractivity contribution is 0.459. The molecule has 0 aliphatic heterocycles. The molecule has 6 N–H and O–H groups in total. The lowest BCUT2D eigenvalue weighted by atomic mass is 10.1. The molecule has 0 atom stereocenters. The number of rotatable bonds is 1. The molecule has 0 radical (unpaired) electrons. The van der Waals surface area contributed by atoms with E-state index in [1.807, 2.05) is 6.07 Å². The summed E-state index contributed by atoms with van der Waals surface area (Å²) < 4.78 is 5.58. The standard InChI is InChI=1S/C15H12N2O4/c16-11-13(19)10-8(18)6-9(7-4-2-1-3-5-7)21-15(10)12(17)14(11)20/h1-6,19-20H,16-17H2. The first-order valence-electron chi connectivity index (χ1n) is 6.12. The maximum atomic E-state index is 12.2. The number of aromatic hydroxyl groups is 2. The second kappa shape index (κ2) is 4.45. The van der Waals surface area contributed by atoms with Gasteiger partial charge >= 0.3 is 0 Å². The summed E-state index contributed by atoms with van der Waals surface area (Å²) in [5.41, 5.74) is 10.8. The number of benzene rings is 2. The largest absolute Gasteiger partial charge is 0.505 e. The number of fused-ring (bicyclic) bond motifs is 1. The molecule has 0 saturated carbocycles. The Morgan fingerprint density at radius 2 is 1.62 bits per heavy atom. The van der Waals surface area contributed by atoms with Gasteiger partial charge < -0.3 is 26.1 Å². The predicted octanol–water partition coefficient (Wildman–Crippen LogP) is 2.04. The Morgan fingerprint density at radius 3 is 2.29 bits per heavy atom. The fraction of sp³-hybridized carbons (Fsp3) is 0. The highest BCUT2D eigenvalue weighted by Gasteiger charge is 2.20. The third-order valence-corrected chi connectivity index (χ3v) is 3.25. The first-order chi connectivity index (χ1) is 10.0. The number of phenolic OH excluding ortho intramolecular Hbond substituents is 2. The first-order valence-corrected chi connectivity index (χ1v) is 6.12. The smallest absolute Gasteiger partial charge is 0.197 e. The summed E-state index contributed by atoms with van der Waals surface area (Å²) in [7, 11) is 0. The van der Waals surface area contributed by atoms with Crippen LogP contribution in [0.25, 0.3) is 22.3 Å². The van der Waals surface area contributed by atoms with Crippen molar-refractivity contribution in [3.05, 3.63) is 46.6 Å². The molecule has 0 amide bonds. The molecule has 21 heavy (non-hydrogen) atoms. The molecule has 6 heteroatoms. The molecule has 0 aliphatic rings. The second-order valence-corrected chi connectivity index (χ2v) is 4.57. The van der Waals surface area contributed by atoms with E-state index in [1.54, 1.807) is 24.3 Å². The number of nitrogen functional groups attached to an aromatic ring is 2. The van der Waals surface area contributed by atoms with E-state index >= 15 is 0 Å². The molecule has 0 aliphatic carbocycles. The third-order valence-electron chi connectivity index (χ3n) is 3.25. The van der Waals surface area contributed by atoms with Crippen LogP contribution in [0.5, 0.6) is 11.5 Å². The zero-order valence-corrected chi connectivity index (χ0v) is 10.8. The van der Waals surface area contributed by atoms with Gasteiger partial charge in [-0.3, -0.25) is 4.79 Å². The number of phenols is 2. The van der Waals surface area contributed by atoms with Crippen molar-refractivity contribution in [2.24, 2.45) is 0 Å². The van der Waals surface area contributed by atoms with Gasteiger partial charge in [-0.2, -0.15) is 0 Å². The van der Waals surface area contributed by atoms with Crippen molar-refractivity contribution in [2.45, 2.75) is 0 Å². The van der Waals surface area contributed by atoms with Gasteiger partial charge in [0.25, 0.3) is 0 Å². The molecule has 0 spiro atoms. The maximum absolute atomic E-state index is 12.2. The third kappa shape index (κ3) is 1.85. The van der Waals surface area contributed by atoms with Crippen LogP contribution in [0.2, 0.25) is 0 Å². The van der Waals surface area contributed by atoms with E-state index in [0.717, 1.165) is 0 Å². The molecular formula is C15H12N2O4. The minimum absolute atomic E-state index is 0.0921. The van der Waals surface area contributed by atoms with E-state index in [1.165, 1.54) is 6.07 Å². The van der Waals surface area contributed by atoms with Crippen molar-refractivity contribution in [3.8, 4) is 22.8 Å². The Bertz CT molecular complexity index is 901. The summed E-state index contributed by atoms with van der Waals surface area (Å²) in [4.78, 5) is 12.2. The minimum atomic E-state index is -0.537. The van der Waals surface area contributed by atoms with Crippen LogP contribution in [-0.2, 0) is 0 Å². The van der Waals surface area contributed by atoms with E-state index < -0.39 is 16.9 Å². The van der Waals surface area contributed by atoms with E-state index in [2.05, 4.69) is 0 Å². The van der Waals surface area contributed by atoms with Crippen LogP contribution in [0.15, 0.2) is 45.6 Å². The van der Waals surface area contributed by atoms with Crippen LogP contribution in [0, 0.1) is 0 Å². The Balaban J connectivity index is 2.43. The van der Waals surface area contributed by atoms with Crippen molar-refractivity contribution < 1.29 is 14.6 Å². The van der Waals surface area contributed by atoms with Crippen LogP contribution in [0.4, 0.5) is 11.4 Å². The zero-order valence-electron chi connectivity index (χ0n) is 10.8. The van der Waals surface area contributed by atoms with E-state index in [-0.39, 0.29) is 28.1 Å². The van der Waals surface area contributed by atoms with E-state index in [0.29, 0.717) is 5.56 Å². The van der Waals surface area contributed by atoms with Gasteiger partial charge in [0.1, 0.15) is 22.5 Å². The predicted molar refractivity (Wildman–Crippen MR) is 80.1 cm³/mol. The van der Waals surface area contributed by atoms with Gasteiger partial charge in [-0.1, -0.05) is 30.3 Å². The van der Waals surface area contributed by atoms with Crippen molar-refractivity contribution in [2.75, 3.05) is 11.5 Å². The highest BCUT2D eigenvalue weighted by Crippen LogP contribution is 2.43. The second-order valence-electron chi connectivity index (χ2n) is 4.57. The van der Waals surface area contributed by atoms with E-state index in [4.69, 9.17) is 15.9 Å².